The van der Waals surface area contributed by atoms with E-state index >= 15 is 0 Å². The van der Waals surface area contributed by atoms with Crippen molar-refractivity contribution in [3.8, 4) is 0 Å². The zero-order valence-electron chi connectivity index (χ0n) is 17.5. The Hall–Kier alpha value is -2.31. The van der Waals surface area contributed by atoms with Crippen LogP contribution >= 0.6 is 0 Å². The Morgan fingerprint density at radius 3 is 2.63 bits per heavy atom. The molecule has 3 heterocycles. The zero-order valence-corrected chi connectivity index (χ0v) is 17.5. The average Bonchev–Trinajstić information content (AvgIpc) is 2.79. The summed E-state index contributed by atoms with van der Waals surface area (Å²) in [6, 6.07) is 11.2. The van der Waals surface area contributed by atoms with Crippen molar-refractivity contribution in [2.75, 3.05) is 26.2 Å². The first kappa shape index (κ1) is 20.9. The zero-order chi connectivity index (χ0) is 20.8. The van der Waals surface area contributed by atoms with Gasteiger partial charge in [-0.3, -0.25) is 19.6 Å². The molecular formula is C24H31FN4O. The van der Waals surface area contributed by atoms with Crippen LogP contribution in [0, 0.1) is 11.7 Å². The predicted octanol–water partition coefficient (Wildman–Crippen LogP) is 3.21. The molecule has 5 nitrogen and oxygen atoms in total. The summed E-state index contributed by atoms with van der Waals surface area (Å²) in [5.41, 5.74) is 2.12. The van der Waals surface area contributed by atoms with E-state index in [1.54, 1.807) is 6.07 Å². The number of carbonyl (C=O) groups is 1. The van der Waals surface area contributed by atoms with Crippen LogP contribution in [0.25, 0.3) is 0 Å². The smallest absolute Gasteiger partial charge is 0.224 e. The lowest BCUT2D eigenvalue weighted by Crippen LogP contribution is -2.50. The SMILES string of the molecule is O=C(NCc1cccc(F)c1)C1CCCN(C2CCN(Cc3ccncc3)CC2)C1. The fourth-order valence-corrected chi connectivity index (χ4v) is 4.72. The van der Waals surface area contributed by atoms with Crippen molar-refractivity contribution < 1.29 is 9.18 Å². The van der Waals surface area contributed by atoms with Crippen LogP contribution in [-0.2, 0) is 17.9 Å². The number of nitrogens with one attached hydrogen (secondary N) is 1. The molecule has 2 saturated heterocycles. The molecule has 0 spiro atoms. The Kier molecular flexibility index (Phi) is 7.07. The van der Waals surface area contributed by atoms with E-state index < -0.39 is 0 Å². The Balaban J connectivity index is 1.23. The van der Waals surface area contributed by atoms with Gasteiger partial charge in [0.15, 0.2) is 0 Å². The monoisotopic (exact) mass is 410 g/mol. The van der Waals surface area contributed by atoms with E-state index in [0.29, 0.717) is 12.6 Å². The van der Waals surface area contributed by atoms with Crippen LogP contribution in [0.2, 0.25) is 0 Å². The van der Waals surface area contributed by atoms with Gasteiger partial charge in [0, 0.05) is 38.1 Å². The number of aromatic nitrogens is 1. The van der Waals surface area contributed by atoms with Gasteiger partial charge in [-0.15, -0.1) is 0 Å². The Morgan fingerprint density at radius 2 is 1.87 bits per heavy atom. The van der Waals surface area contributed by atoms with Crippen molar-refractivity contribution >= 4 is 5.91 Å². The summed E-state index contributed by atoms with van der Waals surface area (Å²) in [6.45, 7) is 5.49. The molecule has 1 aromatic carbocycles. The number of hydrogen-bond acceptors (Lipinski definition) is 4. The molecule has 0 bridgehead atoms. The van der Waals surface area contributed by atoms with Crippen molar-refractivity contribution in [3.63, 3.8) is 0 Å². The standard InChI is InChI=1S/C24H31FN4O/c25-22-5-1-3-20(15-22)16-27-24(30)21-4-2-12-29(18-21)23-8-13-28(14-9-23)17-19-6-10-26-11-7-19/h1,3,5-7,10-11,15,21,23H,2,4,8-9,12-14,16-18H2,(H,27,30). The molecule has 4 rings (SSSR count). The van der Waals surface area contributed by atoms with Crippen LogP contribution in [0.4, 0.5) is 4.39 Å². The maximum Gasteiger partial charge on any atom is 0.224 e. The highest BCUT2D eigenvalue weighted by atomic mass is 19.1. The second-order valence-electron chi connectivity index (χ2n) is 8.54. The van der Waals surface area contributed by atoms with Crippen molar-refractivity contribution in [3.05, 3.63) is 65.7 Å². The van der Waals surface area contributed by atoms with E-state index in [9.17, 15) is 9.18 Å². The third kappa shape index (κ3) is 5.64. The predicted molar refractivity (Wildman–Crippen MR) is 115 cm³/mol. The molecule has 30 heavy (non-hydrogen) atoms. The lowest BCUT2D eigenvalue weighted by atomic mass is 9.93. The number of rotatable bonds is 6. The minimum atomic E-state index is -0.263. The third-order valence-corrected chi connectivity index (χ3v) is 6.41. The van der Waals surface area contributed by atoms with Gasteiger partial charge < -0.3 is 5.32 Å². The van der Waals surface area contributed by atoms with Crippen LogP contribution in [0.5, 0.6) is 0 Å². The molecule has 0 aliphatic carbocycles. The number of hydrogen-bond donors (Lipinski definition) is 1. The first-order valence-electron chi connectivity index (χ1n) is 11.0. The largest absolute Gasteiger partial charge is 0.352 e. The lowest BCUT2D eigenvalue weighted by Gasteiger charge is -2.42. The van der Waals surface area contributed by atoms with Crippen molar-refractivity contribution in [2.45, 2.75) is 44.8 Å². The Bertz CT molecular complexity index is 823. The number of pyridine rings is 1. The number of carbonyl (C=O) groups excluding carboxylic acids is 1. The second-order valence-corrected chi connectivity index (χ2v) is 8.54. The van der Waals surface area contributed by atoms with Gasteiger partial charge in [-0.25, -0.2) is 4.39 Å². The molecule has 0 saturated carbocycles. The fraction of sp³-hybridized carbons (Fsp3) is 0.500. The first-order chi connectivity index (χ1) is 14.7. The van der Waals surface area contributed by atoms with Gasteiger partial charge in [0.1, 0.15) is 5.82 Å². The fourth-order valence-electron chi connectivity index (χ4n) is 4.72. The molecule has 0 radical (unpaired) electrons. The first-order valence-corrected chi connectivity index (χ1v) is 11.0. The van der Waals surface area contributed by atoms with E-state index in [-0.39, 0.29) is 17.6 Å². The number of amides is 1. The van der Waals surface area contributed by atoms with Gasteiger partial charge in [-0.1, -0.05) is 12.1 Å². The lowest BCUT2D eigenvalue weighted by molar-refractivity contribution is -0.127. The number of nitrogens with zero attached hydrogens (tertiary/aromatic N) is 3. The van der Waals surface area contributed by atoms with Gasteiger partial charge >= 0.3 is 0 Å². The Labute approximate surface area is 178 Å². The molecule has 2 aliphatic heterocycles. The van der Waals surface area contributed by atoms with Crippen molar-refractivity contribution in [1.82, 2.24) is 20.1 Å². The van der Waals surface area contributed by atoms with Gasteiger partial charge in [0.2, 0.25) is 5.91 Å². The van der Waals surface area contributed by atoms with Crippen molar-refractivity contribution in [2.24, 2.45) is 5.92 Å². The average molecular weight is 411 g/mol. The number of likely N-dealkylation sites (tertiary alicyclic amines) is 2. The third-order valence-electron chi connectivity index (χ3n) is 6.41. The molecular weight excluding hydrogens is 379 g/mol. The van der Waals surface area contributed by atoms with E-state index in [1.807, 2.05) is 18.5 Å². The van der Waals surface area contributed by atoms with Gasteiger partial charge in [-0.05, 0) is 80.7 Å². The quantitative estimate of drug-likeness (QED) is 0.795. The number of piperidine rings is 2. The molecule has 1 atom stereocenters. The molecule has 1 aromatic heterocycles. The van der Waals surface area contributed by atoms with Gasteiger partial charge in [0.25, 0.3) is 0 Å². The molecule has 1 N–H and O–H groups in total. The van der Waals surface area contributed by atoms with Crippen LogP contribution < -0.4 is 5.32 Å². The summed E-state index contributed by atoms with van der Waals surface area (Å²) in [6.07, 6.45) is 8.03. The highest BCUT2D eigenvalue weighted by Crippen LogP contribution is 2.24. The van der Waals surface area contributed by atoms with E-state index in [4.69, 9.17) is 0 Å². The summed E-state index contributed by atoms with van der Waals surface area (Å²) >= 11 is 0. The maximum atomic E-state index is 13.3. The van der Waals surface area contributed by atoms with E-state index in [1.165, 1.54) is 17.7 Å². The van der Waals surface area contributed by atoms with E-state index in [2.05, 4.69) is 32.2 Å². The summed E-state index contributed by atoms with van der Waals surface area (Å²) in [5, 5.41) is 3.01. The molecule has 2 aliphatic rings. The summed E-state index contributed by atoms with van der Waals surface area (Å²) < 4.78 is 13.3. The van der Waals surface area contributed by atoms with Crippen LogP contribution in [-0.4, -0.2) is 52.9 Å². The normalized spacial score (nSPS) is 21.4. The molecule has 6 heteroatoms. The summed E-state index contributed by atoms with van der Waals surface area (Å²) in [7, 11) is 0. The molecule has 1 unspecified atom stereocenters. The van der Waals surface area contributed by atoms with Crippen LogP contribution in [0.3, 0.4) is 0 Å². The number of halogens is 1. The minimum Gasteiger partial charge on any atom is -0.352 e. The van der Waals surface area contributed by atoms with E-state index in [0.717, 1.165) is 64.0 Å². The highest BCUT2D eigenvalue weighted by molar-refractivity contribution is 5.79. The van der Waals surface area contributed by atoms with Gasteiger partial charge in [0.05, 0.1) is 5.92 Å². The van der Waals surface area contributed by atoms with Gasteiger partial charge in [-0.2, -0.15) is 0 Å². The van der Waals surface area contributed by atoms with Crippen LogP contribution in [0.15, 0.2) is 48.8 Å². The topological polar surface area (TPSA) is 48.5 Å². The van der Waals surface area contributed by atoms with Crippen LogP contribution in [0.1, 0.15) is 36.8 Å². The maximum absolute atomic E-state index is 13.3. The number of benzene rings is 1. The molecule has 160 valence electrons. The molecule has 1 amide bonds. The Morgan fingerprint density at radius 1 is 1.07 bits per heavy atom. The minimum absolute atomic E-state index is 0.0298. The summed E-state index contributed by atoms with van der Waals surface area (Å²) in [5.74, 6) is -0.137. The molecule has 2 aromatic rings. The van der Waals surface area contributed by atoms with Crippen molar-refractivity contribution in [1.29, 1.82) is 0 Å². The molecule has 2 fully saturated rings. The second kappa shape index (κ2) is 10.1. The summed E-state index contributed by atoms with van der Waals surface area (Å²) in [4.78, 5) is 21.8. The highest BCUT2D eigenvalue weighted by Gasteiger charge is 2.31.